The minimum atomic E-state index is -1.22. The van der Waals surface area contributed by atoms with E-state index in [-0.39, 0.29) is 18.8 Å². The fraction of sp³-hybridized carbons (Fsp3) is 0.250. The summed E-state index contributed by atoms with van der Waals surface area (Å²) in [5.74, 6) is -2.14. The zero-order valence-corrected chi connectivity index (χ0v) is 10.8. The van der Waals surface area contributed by atoms with E-state index in [2.05, 4.69) is 10.4 Å². The molecule has 0 saturated carbocycles. The molecule has 0 bridgehead atoms. The number of aliphatic hydroxyl groups excluding tert-OH is 1. The first-order valence-electron chi connectivity index (χ1n) is 6.00. The molecule has 1 heterocycles. The van der Waals surface area contributed by atoms with Crippen molar-refractivity contribution in [3.63, 3.8) is 0 Å². The van der Waals surface area contributed by atoms with Crippen molar-refractivity contribution in [3.8, 4) is 0 Å². The van der Waals surface area contributed by atoms with Crippen LogP contribution in [0.5, 0.6) is 0 Å². The molecule has 112 valence electrons. The first-order valence-corrected chi connectivity index (χ1v) is 6.00. The van der Waals surface area contributed by atoms with Gasteiger partial charge in [-0.05, 0) is 0 Å². The number of nitrogens with one attached hydrogen (secondary N) is 1. The summed E-state index contributed by atoms with van der Waals surface area (Å²) in [5, 5.41) is 26.0. The summed E-state index contributed by atoms with van der Waals surface area (Å²) in [6.45, 7) is 0.425. The van der Waals surface area contributed by atoms with Crippen molar-refractivity contribution < 1.29 is 18.8 Å². The first-order chi connectivity index (χ1) is 10.0. The fourth-order valence-electron chi connectivity index (χ4n) is 1.73. The van der Waals surface area contributed by atoms with Gasteiger partial charge in [-0.25, -0.2) is 4.39 Å². The molecule has 0 aliphatic carbocycles. The monoisotopic (exact) mass is 298 g/mol. The minimum absolute atomic E-state index is 0.0622. The van der Waals surface area contributed by atoms with Crippen LogP contribution in [0.25, 0.3) is 0 Å². The molecule has 0 unspecified atom stereocenters. The maximum absolute atomic E-state index is 13.5. The van der Waals surface area contributed by atoms with E-state index in [4.69, 9.17) is 5.11 Å². The molecule has 0 aliphatic heterocycles. The van der Waals surface area contributed by atoms with Crippen LogP contribution in [0.3, 0.4) is 0 Å². The number of nitro groups is 1. The Morgan fingerprint density at radius 3 is 2.81 bits per heavy atom. The number of hydrogen-bond acceptors (Lipinski definition) is 5. The molecule has 1 aromatic carbocycles. The summed E-state index contributed by atoms with van der Waals surface area (Å²) in [6.07, 6.45) is 3.15. The van der Waals surface area contributed by atoms with Crippen molar-refractivity contribution >= 4 is 11.4 Å². The Morgan fingerprint density at radius 1 is 1.38 bits per heavy atom. The third kappa shape index (κ3) is 3.51. The van der Waals surface area contributed by atoms with Crippen LogP contribution in [0, 0.1) is 21.7 Å². The third-order valence-corrected chi connectivity index (χ3v) is 2.73. The van der Waals surface area contributed by atoms with E-state index in [1.807, 2.05) is 0 Å². The van der Waals surface area contributed by atoms with Gasteiger partial charge in [0.15, 0.2) is 0 Å². The lowest BCUT2D eigenvalue weighted by molar-refractivity contribution is -0.387. The zero-order valence-electron chi connectivity index (χ0n) is 10.8. The van der Waals surface area contributed by atoms with E-state index >= 15 is 0 Å². The molecular weight excluding hydrogens is 286 g/mol. The normalized spacial score (nSPS) is 10.6. The van der Waals surface area contributed by atoms with E-state index in [0.29, 0.717) is 18.2 Å². The van der Waals surface area contributed by atoms with Gasteiger partial charge in [0.25, 0.3) is 0 Å². The summed E-state index contributed by atoms with van der Waals surface area (Å²) in [7, 11) is 0. The Kier molecular flexibility index (Phi) is 4.43. The van der Waals surface area contributed by atoms with Crippen LogP contribution >= 0.6 is 0 Å². The maximum atomic E-state index is 13.5. The average molecular weight is 298 g/mol. The Labute approximate surface area is 118 Å². The highest BCUT2D eigenvalue weighted by molar-refractivity contribution is 5.53. The SMILES string of the molecule is O=[N+]([O-])c1cc(NCc2cnn(CCO)c2)c(F)cc1F. The van der Waals surface area contributed by atoms with Gasteiger partial charge < -0.3 is 10.4 Å². The molecule has 21 heavy (non-hydrogen) atoms. The molecular formula is C12H12F2N4O3. The van der Waals surface area contributed by atoms with Crippen LogP contribution in [0.15, 0.2) is 24.5 Å². The number of hydrogen-bond donors (Lipinski definition) is 2. The van der Waals surface area contributed by atoms with E-state index < -0.39 is 22.2 Å². The number of halogens is 2. The van der Waals surface area contributed by atoms with Crippen LogP contribution in [0.2, 0.25) is 0 Å². The average Bonchev–Trinajstić information content (AvgIpc) is 2.85. The second-order valence-corrected chi connectivity index (χ2v) is 4.23. The second kappa shape index (κ2) is 6.27. The first kappa shape index (κ1) is 14.9. The topological polar surface area (TPSA) is 93.2 Å². The van der Waals surface area contributed by atoms with Crippen LogP contribution in [-0.4, -0.2) is 26.4 Å². The molecule has 0 saturated heterocycles. The molecule has 0 radical (unpaired) electrons. The summed E-state index contributed by atoms with van der Waals surface area (Å²) >= 11 is 0. The number of anilines is 1. The molecule has 0 amide bonds. The van der Waals surface area contributed by atoms with Crippen LogP contribution in [0.1, 0.15) is 5.56 Å². The van der Waals surface area contributed by atoms with Gasteiger partial charge in [0.05, 0.1) is 30.0 Å². The minimum Gasteiger partial charge on any atom is -0.394 e. The highest BCUT2D eigenvalue weighted by atomic mass is 19.1. The molecule has 2 N–H and O–H groups in total. The highest BCUT2D eigenvalue weighted by Gasteiger charge is 2.18. The van der Waals surface area contributed by atoms with Gasteiger partial charge in [0.2, 0.25) is 5.82 Å². The van der Waals surface area contributed by atoms with Gasteiger partial charge in [-0.1, -0.05) is 0 Å². The molecule has 0 aliphatic rings. The summed E-state index contributed by atoms with van der Waals surface area (Å²) < 4.78 is 28.2. The standard InChI is InChI=1S/C12H12F2N4O3/c13-9-3-10(14)12(18(20)21)4-11(9)15-5-8-6-16-17(7-8)1-2-19/h3-4,6-7,15,19H,1-2,5H2. The predicted octanol–water partition coefficient (Wildman–Crippen LogP) is 1.67. The van der Waals surface area contributed by atoms with Gasteiger partial charge in [-0.2, -0.15) is 9.49 Å². The Bertz CT molecular complexity index is 660. The fourth-order valence-corrected chi connectivity index (χ4v) is 1.73. The second-order valence-electron chi connectivity index (χ2n) is 4.23. The summed E-state index contributed by atoms with van der Waals surface area (Å²) in [6, 6.07) is 1.28. The maximum Gasteiger partial charge on any atom is 0.307 e. The smallest absolute Gasteiger partial charge is 0.307 e. The van der Waals surface area contributed by atoms with Crippen LogP contribution in [0.4, 0.5) is 20.2 Å². The molecule has 1 aromatic heterocycles. The van der Waals surface area contributed by atoms with Gasteiger partial charge >= 0.3 is 5.69 Å². The largest absolute Gasteiger partial charge is 0.394 e. The van der Waals surface area contributed by atoms with Crippen LogP contribution in [-0.2, 0) is 13.1 Å². The van der Waals surface area contributed by atoms with E-state index in [1.54, 1.807) is 6.20 Å². The number of rotatable bonds is 6. The number of nitrogens with zero attached hydrogens (tertiary/aromatic N) is 3. The molecule has 2 aromatic rings. The predicted molar refractivity (Wildman–Crippen MR) is 69.7 cm³/mol. The van der Waals surface area contributed by atoms with Gasteiger partial charge in [-0.15, -0.1) is 0 Å². The molecule has 9 heteroatoms. The van der Waals surface area contributed by atoms with Crippen molar-refractivity contribution in [2.75, 3.05) is 11.9 Å². The lowest BCUT2D eigenvalue weighted by Crippen LogP contribution is -2.04. The van der Waals surface area contributed by atoms with Gasteiger partial charge in [0.1, 0.15) is 5.82 Å². The van der Waals surface area contributed by atoms with E-state index in [9.17, 15) is 18.9 Å². The van der Waals surface area contributed by atoms with Crippen LogP contribution < -0.4 is 5.32 Å². The Balaban J connectivity index is 2.11. The molecule has 2 rings (SSSR count). The van der Waals surface area contributed by atoms with Gasteiger partial charge in [0, 0.05) is 30.4 Å². The molecule has 0 fully saturated rings. The Hall–Kier alpha value is -2.55. The number of aliphatic hydroxyl groups is 1. The van der Waals surface area contributed by atoms with Crippen molar-refractivity contribution in [2.24, 2.45) is 0 Å². The molecule has 7 nitrogen and oxygen atoms in total. The van der Waals surface area contributed by atoms with Gasteiger partial charge in [-0.3, -0.25) is 14.8 Å². The Morgan fingerprint density at radius 2 is 2.14 bits per heavy atom. The highest BCUT2D eigenvalue weighted by Crippen LogP contribution is 2.25. The molecule has 0 spiro atoms. The van der Waals surface area contributed by atoms with E-state index in [1.165, 1.54) is 10.9 Å². The van der Waals surface area contributed by atoms with Crippen molar-refractivity contribution in [2.45, 2.75) is 13.1 Å². The summed E-state index contributed by atoms with van der Waals surface area (Å²) in [5.41, 5.74) is -0.275. The lowest BCUT2D eigenvalue weighted by Gasteiger charge is -2.06. The van der Waals surface area contributed by atoms with Crippen molar-refractivity contribution in [3.05, 3.63) is 51.8 Å². The van der Waals surface area contributed by atoms with Crippen molar-refractivity contribution in [1.29, 1.82) is 0 Å². The summed E-state index contributed by atoms with van der Waals surface area (Å²) in [4.78, 5) is 9.70. The van der Waals surface area contributed by atoms with E-state index in [0.717, 1.165) is 6.07 Å². The van der Waals surface area contributed by atoms with Crippen molar-refractivity contribution in [1.82, 2.24) is 9.78 Å². The third-order valence-electron chi connectivity index (χ3n) is 2.73. The zero-order chi connectivity index (χ0) is 15.4. The number of aromatic nitrogens is 2. The molecule has 0 atom stereocenters. The lowest BCUT2D eigenvalue weighted by atomic mass is 10.2. The quantitative estimate of drug-likeness (QED) is 0.625. The number of benzene rings is 1. The number of nitro benzene ring substituents is 1.